The highest BCUT2D eigenvalue weighted by Gasteiger charge is 2.22. The molecule has 1 aromatic rings. The maximum Gasteiger partial charge on any atom is 0.269 e. The number of carbonyl (C=O) groups excluding carboxylic acids is 1. The van der Waals surface area contributed by atoms with Crippen LogP contribution in [0, 0.1) is 16.0 Å². The lowest BCUT2D eigenvalue weighted by Crippen LogP contribution is -2.49. The van der Waals surface area contributed by atoms with Crippen LogP contribution in [0.1, 0.15) is 24.2 Å². The predicted molar refractivity (Wildman–Crippen MR) is 80.0 cm³/mol. The fourth-order valence-corrected chi connectivity index (χ4v) is 2.46. The molecule has 0 bridgehead atoms. The Kier molecular flexibility index (Phi) is 4.90. The molecule has 2 rings (SSSR count). The third kappa shape index (κ3) is 4.01. The second-order valence-corrected chi connectivity index (χ2v) is 5.58. The first-order chi connectivity index (χ1) is 9.97. The van der Waals surface area contributed by atoms with E-state index in [-0.39, 0.29) is 11.6 Å². The van der Waals surface area contributed by atoms with Crippen LogP contribution in [0.25, 0.3) is 0 Å². The van der Waals surface area contributed by atoms with Crippen molar-refractivity contribution in [1.82, 2.24) is 9.80 Å². The highest BCUT2D eigenvalue weighted by molar-refractivity contribution is 5.94. The van der Waals surface area contributed by atoms with Gasteiger partial charge in [-0.3, -0.25) is 19.8 Å². The number of nitro benzene ring substituents is 1. The van der Waals surface area contributed by atoms with Crippen molar-refractivity contribution < 1.29 is 9.72 Å². The molecule has 6 heteroatoms. The van der Waals surface area contributed by atoms with E-state index in [1.54, 1.807) is 0 Å². The predicted octanol–water partition coefficient (Wildman–Crippen LogP) is 1.97. The van der Waals surface area contributed by atoms with Gasteiger partial charge in [0.1, 0.15) is 0 Å². The van der Waals surface area contributed by atoms with E-state index in [1.807, 2.05) is 4.90 Å². The van der Waals surface area contributed by atoms with Crippen LogP contribution in [0.3, 0.4) is 0 Å². The Bertz CT molecular complexity index is 505. The zero-order valence-corrected chi connectivity index (χ0v) is 12.4. The molecule has 21 heavy (non-hydrogen) atoms. The maximum absolute atomic E-state index is 12.3. The summed E-state index contributed by atoms with van der Waals surface area (Å²) in [5.74, 6) is 1.31. The monoisotopic (exact) mass is 290 g/mol. The van der Waals surface area contributed by atoms with Gasteiger partial charge in [0, 0.05) is 50.4 Å². The normalized spacial score (nSPS) is 16.2. The van der Waals surface area contributed by atoms with Crippen molar-refractivity contribution in [3.05, 3.63) is 45.9 Å². The van der Waals surface area contributed by atoms with Gasteiger partial charge in [-0.1, -0.05) is 13.8 Å². The zero-order chi connectivity index (χ0) is 15.4. The van der Waals surface area contributed by atoms with Gasteiger partial charge in [-0.25, -0.2) is 0 Å². The molecular formula is C15H20N3O3. The maximum atomic E-state index is 12.3. The number of rotatable bonds is 4. The molecule has 1 aromatic carbocycles. The number of non-ortho nitro benzene ring substituents is 1. The molecule has 0 unspecified atom stereocenters. The molecule has 6 nitrogen and oxygen atoms in total. The Hall–Kier alpha value is -1.95. The molecule has 1 fully saturated rings. The van der Waals surface area contributed by atoms with Crippen molar-refractivity contribution in [1.29, 1.82) is 0 Å². The Balaban J connectivity index is 1.94. The quantitative estimate of drug-likeness (QED) is 0.628. The Morgan fingerprint density at radius 2 is 1.71 bits per heavy atom. The first kappa shape index (κ1) is 15.4. The number of hydrogen-bond donors (Lipinski definition) is 0. The molecule has 1 aliphatic heterocycles. The molecule has 0 aliphatic carbocycles. The first-order valence-corrected chi connectivity index (χ1v) is 7.02. The smallest absolute Gasteiger partial charge is 0.269 e. The van der Waals surface area contributed by atoms with E-state index in [9.17, 15) is 14.9 Å². The number of benzene rings is 1. The topological polar surface area (TPSA) is 66.7 Å². The van der Waals surface area contributed by atoms with E-state index in [1.165, 1.54) is 30.2 Å². The van der Waals surface area contributed by atoms with Crippen molar-refractivity contribution >= 4 is 11.6 Å². The summed E-state index contributed by atoms with van der Waals surface area (Å²) in [5.41, 5.74) is 0.512. The lowest BCUT2D eigenvalue weighted by atomic mass is 10.1. The van der Waals surface area contributed by atoms with Gasteiger partial charge in [-0.2, -0.15) is 0 Å². The van der Waals surface area contributed by atoms with Gasteiger partial charge in [0.15, 0.2) is 0 Å². The van der Waals surface area contributed by atoms with Crippen molar-refractivity contribution in [3.63, 3.8) is 0 Å². The van der Waals surface area contributed by atoms with Crippen LogP contribution in [0.15, 0.2) is 24.3 Å². The summed E-state index contributed by atoms with van der Waals surface area (Å²) in [6.45, 7) is 8.31. The fraction of sp³-hybridized carbons (Fsp3) is 0.467. The SMILES string of the molecule is C[C](C)CN1CCN(C(=O)c2ccc([N+](=O)[O-])cc2)CC1. The lowest BCUT2D eigenvalue weighted by Gasteiger charge is -2.35. The van der Waals surface area contributed by atoms with Crippen LogP contribution in [-0.2, 0) is 0 Å². The largest absolute Gasteiger partial charge is 0.336 e. The average molecular weight is 290 g/mol. The molecule has 0 N–H and O–H groups in total. The van der Waals surface area contributed by atoms with Crippen LogP contribution in [0.5, 0.6) is 0 Å². The first-order valence-electron chi connectivity index (χ1n) is 7.02. The van der Waals surface area contributed by atoms with E-state index < -0.39 is 4.92 Å². The van der Waals surface area contributed by atoms with Crippen LogP contribution >= 0.6 is 0 Å². The van der Waals surface area contributed by atoms with Crippen LogP contribution in [0.4, 0.5) is 5.69 Å². The number of hydrogen-bond acceptors (Lipinski definition) is 4. The van der Waals surface area contributed by atoms with E-state index in [0.717, 1.165) is 19.6 Å². The highest BCUT2D eigenvalue weighted by Crippen LogP contribution is 2.15. The molecule has 1 radical (unpaired) electrons. The number of piperazine rings is 1. The molecule has 0 aromatic heterocycles. The van der Waals surface area contributed by atoms with Crippen molar-refractivity contribution in [2.75, 3.05) is 32.7 Å². The Morgan fingerprint density at radius 3 is 2.19 bits per heavy atom. The number of amides is 1. The number of nitro groups is 1. The van der Waals surface area contributed by atoms with Crippen LogP contribution < -0.4 is 0 Å². The molecule has 1 heterocycles. The van der Waals surface area contributed by atoms with Gasteiger partial charge in [-0.05, 0) is 18.1 Å². The van der Waals surface area contributed by atoms with Gasteiger partial charge in [0.25, 0.3) is 11.6 Å². The summed E-state index contributed by atoms with van der Waals surface area (Å²) in [6, 6.07) is 5.80. The second-order valence-electron chi connectivity index (χ2n) is 5.58. The van der Waals surface area contributed by atoms with E-state index in [2.05, 4.69) is 18.7 Å². The van der Waals surface area contributed by atoms with Gasteiger partial charge in [0.2, 0.25) is 0 Å². The number of nitrogens with zero attached hydrogens (tertiary/aromatic N) is 3. The average Bonchev–Trinajstić information content (AvgIpc) is 2.47. The third-order valence-electron chi connectivity index (χ3n) is 3.52. The molecule has 1 saturated heterocycles. The van der Waals surface area contributed by atoms with Crippen molar-refractivity contribution in [3.8, 4) is 0 Å². The summed E-state index contributed by atoms with van der Waals surface area (Å²) >= 11 is 0. The molecule has 0 atom stereocenters. The van der Waals surface area contributed by atoms with Gasteiger partial charge < -0.3 is 4.90 Å². The molecule has 1 amide bonds. The van der Waals surface area contributed by atoms with Crippen molar-refractivity contribution in [2.45, 2.75) is 13.8 Å². The summed E-state index contributed by atoms with van der Waals surface area (Å²) in [6.07, 6.45) is 0. The van der Waals surface area contributed by atoms with Gasteiger partial charge >= 0.3 is 0 Å². The summed E-state index contributed by atoms with van der Waals surface area (Å²) in [7, 11) is 0. The summed E-state index contributed by atoms with van der Waals surface area (Å²) in [4.78, 5) is 26.6. The minimum Gasteiger partial charge on any atom is -0.336 e. The molecular weight excluding hydrogens is 270 g/mol. The lowest BCUT2D eigenvalue weighted by molar-refractivity contribution is -0.384. The van der Waals surface area contributed by atoms with Crippen LogP contribution in [-0.4, -0.2) is 53.4 Å². The minimum atomic E-state index is -0.462. The van der Waals surface area contributed by atoms with Gasteiger partial charge in [0.05, 0.1) is 4.92 Å². The van der Waals surface area contributed by atoms with Gasteiger partial charge in [-0.15, -0.1) is 0 Å². The van der Waals surface area contributed by atoms with E-state index in [4.69, 9.17) is 0 Å². The standard InChI is InChI=1S/C15H20N3O3/c1-12(2)11-16-7-9-17(10-8-16)15(19)13-3-5-14(6-4-13)18(20)21/h3-6H,7-11H2,1-2H3. The van der Waals surface area contributed by atoms with E-state index in [0.29, 0.717) is 18.7 Å². The Morgan fingerprint density at radius 1 is 1.14 bits per heavy atom. The number of carbonyl (C=O) groups is 1. The fourth-order valence-electron chi connectivity index (χ4n) is 2.46. The second kappa shape index (κ2) is 6.67. The van der Waals surface area contributed by atoms with Crippen molar-refractivity contribution in [2.24, 2.45) is 0 Å². The van der Waals surface area contributed by atoms with E-state index >= 15 is 0 Å². The third-order valence-corrected chi connectivity index (χ3v) is 3.52. The molecule has 1 aliphatic rings. The minimum absolute atomic E-state index is 0.00493. The summed E-state index contributed by atoms with van der Waals surface area (Å²) < 4.78 is 0. The molecule has 0 spiro atoms. The van der Waals surface area contributed by atoms with Crippen LogP contribution in [0.2, 0.25) is 0 Å². The highest BCUT2D eigenvalue weighted by atomic mass is 16.6. The Labute approximate surface area is 124 Å². The molecule has 0 saturated carbocycles. The zero-order valence-electron chi connectivity index (χ0n) is 12.4. The molecule has 113 valence electrons. The summed E-state index contributed by atoms with van der Waals surface area (Å²) in [5, 5.41) is 10.6.